The summed E-state index contributed by atoms with van der Waals surface area (Å²) in [6.45, 7) is 3.06. The number of hydrogen-bond acceptors (Lipinski definition) is 4. The maximum absolute atomic E-state index is 13.4. The molecule has 1 heterocycles. The molecule has 0 spiro atoms. The van der Waals surface area contributed by atoms with E-state index in [0.717, 1.165) is 6.07 Å². The predicted octanol–water partition coefficient (Wildman–Crippen LogP) is 0.643. The number of sulfonamides is 1. The number of likely N-dealkylation sites (N-methyl/N-ethyl adjacent to an activating group) is 1. The van der Waals surface area contributed by atoms with Gasteiger partial charge in [0, 0.05) is 31.2 Å². The van der Waals surface area contributed by atoms with Crippen LogP contribution in [-0.2, 0) is 16.6 Å². The highest BCUT2D eigenvalue weighted by Gasteiger charge is 2.32. The Kier molecular flexibility index (Phi) is 4.43. The van der Waals surface area contributed by atoms with Gasteiger partial charge in [-0.25, -0.2) is 12.8 Å². The van der Waals surface area contributed by atoms with Gasteiger partial charge in [0.15, 0.2) is 0 Å². The van der Waals surface area contributed by atoms with Crippen LogP contribution in [0.25, 0.3) is 0 Å². The molecule has 0 bridgehead atoms. The normalized spacial score (nSPS) is 22.1. The summed E-state index contributed by atoms with van der Waals surface area (Å²) >= 11 is 0. The van der Waals surface area contributed by atoms with E-state index in [1.54, 1.807) is 0 Å². The van der Waals surface area contributed by atoms with E-state index >= 15 is 0 Å². The zero-order valence-corrected chi connectivity index (χ0v) is 12.4. The maximum atomic E-state index is 13.4. The Morgan fingerprint density at radius 2 is 2.10 bits per heavy atom. The van der Waals surface area contributed by atoms with Crippen LogP contribution in [-0.4, -0.2) is 55.5 Å². The molecule has 1 fully saturated rings. The van der Waals surface area contributed by atoms with Gasteiger partial charge in [0.25, 0.3) is 0 Å². The number of hydrogen-bond donors (Lipinski definition) is 1. The fraction of sp³-hybridized carbons (Fsp3) is 0.538. The molecule has 20 heavy (non-hydrogen) atoms. The second-order valence-corrected chi connectivity index (χ2v) is 7.03. The maximum Gasteiger partial charge on any atom is 0.243 e. The average Bonchev–Trinajstić information content (AvgIpc) is 2.38. The number of aliphatic hydroxyl groups is 1. The smallest absolute Gasteiger partial charge is 0.243 e. The van der Waals surface area contributed by atoms with Crippen LogP contribution in [0.5, 0.6) is 0 Å². The lowest BCUT2D eigenvalue weighted by Crippen LogP contribution is -2.52. The second-order valence-electron chi connectivity index (χ2n) is 5.14. The molecular formula is C13H19FN2O3S. The van der Waals surface area contributed by atoms with Gasteiger partial charge in [-0.2, -0.15) is 4.31 Å². The van der Waals surface area contributed by atoms with Gasteiger partial charge in [-0.1, -0.05) is 0 Å². The zero-order chi connectivity index (χ0) is 14.9. The Morgan fingerprint density at radius 3 is 2.70 bits per heavy atom. The van der Waals surface area contributed by atoms with Crippen molar-refractivity contribution in [1.29, 1.82) is 0 Å². The molecule has 1 aliphatic rings. The van der Waals surface area contributed by atoms with E-state index in [-0.39, 0.29) is 16.5 Å². The van der Waals surface area contributed by atoms with Crippen molar-refractivity contribution in [3.8, 4) is 0 Å². The van der Waals surface area contributed by atoms with Gasteiger partial charge < -0.3 is 10.0 Å². The quantitative estimate of drug-likeness (QED) is 0.890. The summed E-state index contributed by atoms with van der Waals surface area (Å²) in [5.41, 5.74) is -0.00662. The minimum Gasteiger partial charge on any atom is -0.392 e. The Hall–Kier alpha value is -1.02. The van der Waals surface area contributed by atoms with Gasteiger partial charge >= 0.3 is 0 Å². The molecule has 0 aliphatic carbocycles. The summed E-state index contributed by atoms with van der Waals surface area (Å²) in [7, 11) is -1.71. The van der Waals surface area contributed by atoms with Crippen LogP contribution >= 0.6 is 0 Å². The third kappa shape index (κ3) is 2.85. The number of aliphatic hydroxyl groups excluding tert-OH is 1. The standard InChI is InChI=1S/C13H19FN2O3S/c1-10-8-15(2)5-6-16(10)20(18,19)12-3-4-13(14)11(7-12)9-17/h3-4,7,10,17H,5-6,8-9H2,1-2H3. The van der Waals surface area contributed by atoms with Gasteiger partial charge in [0.1, 0.15) is 5.82 Å². The van der Waals surface area contributed by atoms with Crippen molar-refractivity contribution >= 4 is 10.0 Å². The molecule has 1 unspecified atom stereocenters. The van der Waals surface area contributed by atoms with Crippen molar-refractivity contribution in [1.82, 2.24) is 9.21 Å². The van der Waals surface area contributed by atoms with E-state index in [4.69, 9.17) is 5.11 Å². The van der Waals surface area contributed by atoms with Gasteiger partial charge in [-0.05, 0) is 32.2 Å². The van der Waals surface area contributed by atoms with Crippen LogP contribution in [0, 0.1) is 5.82 Å². The van der Waals surface area contributed by atoms with Crippen LogP contribution in [0.15, 0.2) is 23.1 Å². The van der Waals surface area contributed by atoms with E-state index in [1.165, 1.54) is 16.4 Å². The molecule has 0 aromatic heterocycles. The van der Waals surface area contributed by atoms with Crippen LogP contribution in [0.4, 0.5) is 4.39 Å². The fourth-order valence-electron chi connectivity index (χ4n) is 2.45. The Morgan fingerprint density at radius 1 is 1.40 bits per heavy atom. The molecule has 1 aromatic carbocycles. The summed E-state index contributed by atoms with van der Waals surface area (Å²) in [6, 6.07) is 3.39. The predicted molar refractivity (Wildman–Crippen MR) is 73.2 cm³/mol. The minimum absolute atomic E-state index is 0.00662. The van der Waals surface area contributed by atoms with E-state index in [0.29, 0.717) is 19.6 Å². The Labute approximate surface area is 118 Å². The van der Waals surface area contributed by atoms with Crippen molar-refractivity contribution in [2.45, 2.75) is 24.5 Å². The van der Waals surface area contributed by atoms with Crippen LogP contribution in [0.1, 0.15) is 12.5 Å². The highest BCUT2D eigenvalue weighted by atomic mass is 32.2. The van der Waals surface area contributed by atoms with Gasteiger partial charge in [-0.15, -0.1) is 0 Å². The monoisotopic (exact) mass is 302 g/mol. The number of piperazine rings is 1. The minimum atomic E-state index is -3.66. The summed E-state index contributed by atoms with van der Waals surface area (Å²) in [4.78, 5) is 2.10. The SMILES string of the molecule is CC1CN(C)CCN1S(=O)(=O)c1ccc(F)c(CO)c1. The van der Waals surface area contributed by atoms with Gasteiger partial charge in [-0.3, -0.25) is 0 Å². The van der Waals surface area contributed by atoms with E-state index in [9.17, 15) is 12.8 Å². The third-order valence-electron chi connectivity index (χ3n) is 3.56. The molecule has 1 aromatic rings. The topological polar surface area (TPSA) is 60.9 Å². The van der Waals surface area contributed by atoms with Crippen molar-refractivity contribution in [2.24, 2.45) is 0 Å². The van der Waals surface area contributed by atoms with Crippen LogP contribution < -0.4 is 0 Å². The van der Waals surface area contributed by atoms with E-state index < -0.39 is 22.4 Å². The van der Waals surface area contributed by atoms with Crippen LogP contribution in [0.3, 0.4) is 0 Å². The lowest BCUT2D eigenvalue weighted by molar-refractivity contribution is 0.170. The molecule has 0 saturated carbocycles. The molecule has 1 N–H and O–H groups in total. The summed E-state index contributed by atoms with van der Waals surface area (Å²) in [5, 5.41) is 9.05. The first kappa shape index (κ1) is 15.4. The second kappa shape index (κ2) is 5.77. The largest absolute Gasteiger partial charge is 0.392 e. The number of benzene rings is 1. The summed E-state index contributed by atoms with van der Waals surface area (Å²) < 4.78 is 40.0. The highest BCUT2D eigenvalue weighted by molar-refractivity contribution is 7.89. The zero-order valence-electron chi connectivity index (χ0n) is 11.6. The van der Waals surface area contributed by atoms with Crippen molar-refractivity contribution in [3.05, 3.63) is 29.6 Å². The van der Waals surface area contributed by atoms with Crippen molar-refractivity contribution in [3.63, 3.8) is 0 Å². The number of rotatable bonds is 3. The highest BCUT2D eigenvalue weighted by Crippen LogP contribution is 2.23. The lowest BCUT2D eigenvalue weighted by Gasteiger charge is -2.37. The molecule has 1 atom stereocenters. The molecule has 7 heteroatoms. The van der Waals surface area contributed by atoms with Crippen LogP contribution in [0.2, 0.25) is 0 Å². The molecule has 1 saturated heterocycles. The van der Waals surface area contributed by atoms with Crippen molar-refractivity contribution in [2.75, 3.05) is 26.7 Å². The first-order valence-electron chi connectivity index (χ1n) is 6.46. The molecule has 0 amide bonds. The molecule has 5 nitrogen and oxygen atoms in total. The molecule has 1 aliphatic heterocycles. The first-order valence-corrected chi connectivity index (χ1v) is 7.90. The Balaban J connectivity index is 2.35. The van der Waals surface area contributed by atoms with Gasteiger partial charge in [0.2, 0.25) is 10.0 Å². The van der Waals surface area contributed by atoms with E-state index in [2.05, 4.69) is 4.90 Å². The molecule has 2 rings (SSSR count). The van der Waals surface area contributed by atoms with Gasteiger partial charge in [0.05, 0.1) is 11.5 Å². The molecule has 112 valence electrons. The Bertz CT molecular complexity index is 591. The summed E-state index contributed by atoms with van der Waals surface area (Å²) in [6.07, 6.45) is 0. The first-order chi connectivity index (χ1) is 9.36. The lowest BCUT2D eigenvalue weighted by atomic mass is 10.2. The summed E-state index contributed by atoms with van der Waals surface area (Å²) in [5.74, 6) is -0.599. The molecule has 0 radical (unpaired) electrons. The molecular weight excluding hydrogens is 283 g/mol. The number of halogens is 1. The third-order valence-corrected chi connectivity index (χ3v) is 5.57. The van der Waals surface area contributed by atoms with E-state index in [1.807, 2.05) is 14.0 Å². The average molecular weight is 302 g/mol. The van der Waals surface area contributed by atoms with Crippen molar-refractivity contribution < 1.29 is 17.9 Å². The fourth-order valence-corrected chi connectivity index (χ4v) is 4.11. The number of nitrogens with zero attached hydrogens (tertiary/aromatic N) is 2.